The molecule has 2 N–H and O–H groups in total. The van der Waals surface area contributed by atoms with E-state index in [9.17, 15) is 18.4 Å². The normalized spacial score (nSPS) is 19.7. The highest BCUT2D eigenvalue weighted by atomic mass is 19.1. The minimum absolute atomic E-state index is 0.105. The second kappa shape index (κ2) is 5.66. The molecule has 3 rings (SSSR count). The number of rotatable bonds is 4. The first-order valence-corrected chi connectivity index (χ1v) is 7.59. The topological polar surface area (TPSA) is 58.2 Å². The van der Waals surface area contributed by atoms with Crippen molar-refractivity contribution in [2.45, 2.75) is 44.6 Å². The third-order valence-electron chi connectivity index (χ3n) is 4.49. The second-order valence-corrected chi connectivity index (χ2v) is 6.12. The van der Waals surface area contributed by atoms with Gasteiger partial charge in [0.1, 0.15) is 17.0 Å². The molecule has 0 spiro atoms. The van der Waals surface area contributed by atoms with E-state index >= 15 is 0 Å². The van der Waals surface area contributed by atoms with E-state index in [1.54, 1.807) is 0 Å². The van der Waals surface area contributed by atoms with Gasteiger partial charge in [0.15, 0.2) is 0 Å². The number of hydrogen-bond acceptors (Lipinski definition) is 2. The fourth-order valence-corrected chi connectivity index (χ4v) is 2.91. The van der Waals surface area contributed by atoms with Crippen LogP contribution in [0.25, 0.3) is 0 Å². The van der Waals surface area contributed by atoms with Crippen molar-refractivity contribution in [3.05, 3.63) is 29.8 Å². The first kappa shape index (κ1) is 14.9. The van der Waals surface area contributed by atoms with Crippen molar-refractivity contribution >= 4 is 17.5 Å². The van der Waals surface area contributed by atoms with E-state index in [0.29, 0.717) is 18.9 Å². The number of nitrogens with one attached hydrogen (secondary N) is 2. The monoisotopic (exact) mass is 308 g/mol. The van der Waals surface area contributed by atoms with E-state index in [1.807, 2.05) is 0 Å². The van der Waals surface area contributed by atoms with E-state index in [4.69, 9.17) is 0 Å². The molecular weight excluding hydrogens is 290 g/mol. The molecular formula is C16H18F2N2O2. The molecule has 2 fully saturated rings. The summed E-state index contributed by atoms with van der Waals surface area (Å²) in [5, 5.41) is 5.32. The lowest BCUT2D eigenvalue weighted by Gasteiger charge is -2.19. The van der Waals surface area contributed by atoms with Crippen LogP contribution in [0.1, 0.15) is 38.5 Å². The summed E-state index contributed by atoms with van der Waals surface area (Å²) in [6.07, 6.45) is 4.97. The Morgan fingerprint density at radius 3 is 2.36 bits per heavy atom. The van der Waals surface area contributed by atoms with E-state index < -0.39 is 23.0 Å². The molecule has 2 saturated carbocycles. The van der Waals surface area contributed by atoms with Crippen LogP contribution in [-0.4, -0.2) is 17.9 Å². The lowest BCUT2D eigenvalue weighted by Crippen LogP contribution is -2.43. The van der Waals surface area contributed by atoms with E-state index in [2.05, 4.69) is 10.6 Å². The molecule has 1 aromatic carbocycles. The van der Waals surface area contributed by atoms with Gasteiger partial charge in [0.2, 0.25) is 11.8 Å². The molecule has 0 atom stereocenters. The standard InChI is InChI=1S/C16H18F2N2O2/c17-10-5-6-13(12(18)9-10)20-15(22)16(7-8-16)14(21)19-11-3-1-2-4-11/h5-6,9,11H,1-4,7-8H2,(H,19,21)(H,20,22). The lowest BCUT2D eigenvalue weighted by atomic mass is 10.0. The zero-order valence-electron chi connectivity index (χ0n) is 12.1. The molecule has 2 amide bonds. The third kappa shape index (κ3) is 2.82. The Morgan fingerprint density at radius 1 is 1.09 bits per heavy atom. The number of hydrogen-bond donors (Lipinski definition) is 2. The second-order valence-electron chi connectivity index (χ2n) is 6.12. The smallest absolute Gasteiger partial charge is 0.240 e. The van der Waals surface area contributed by atoms with E-state index in [0.717, 1.165) is 37.8 Å². The van der Waals surface area contributed by atoms with Crippen LogP contribution >= 0.6 is 0 Å². The zero-order valence-corrected chi connectivity index (χ0v) is 12.1. The van der Waals surface area contributed by atoms with Crippen LogP contribution in [0.5, 0.6) is 0 Å². The fourth-order valence-electron chi connectivity index (χ4n) is 2.91. The minimum atomic E-state index is -1.09. The van der Waals surface area contributed by atoms with Crippen molar-refractivity contribution in [2.24, 2.45) is 5.41 Å². The summed E-state index contributed by atoms with van der Waals surface area (Å²) in [6.45, 7) is 0. The summed E-state index contributed by atoms with van der Waals surface area (Å²) < 4.78 is 26.5. The van der Waals surface area contributed by atoms with E-state index in [-0.39, 0.29) is 17.6 Å². The van der Waals surface area contributed by atoms with Crippen molar-refractivity contribution in [1.82, 2.24) is 5.32 Å². The fraction of sp³-hybridized carbons (Fsp3) is 0.500. The predicted octanol–water partition coefficient (Wildman–Crippen LogP) is 2.74. The summed E-state index contributed by atoms with van der Waals surface area (Å²) in [6, 6.07) is 3.07. The molecule has 0 radical (unpaired) electrons. The largest absolute Gasteiger partial charge is 0.352 e. The van der Waals surface area contributed by atoms with Crippen LogP contribution < -0.4 is 10.6 Å². The Labute approximate surface area is 127 Å². The average Bonchev–Trinajstić information content (AvgIpc) is 3.15. The highest BCUT2D eigenvalue weighted by molar-refractivity contribution is 6.13. The molecule has 0 saturated heterocycles. The van der Waals surface area contributed by atoms with Crippen LogP contribution in [-0.2, 0) is 9.59 Å². The summed E-state index contributed by atoms with van der Waals surface area (Å²) >= 11 is 0. The van der Waals surface area contributed by atoms with Crippen LogP contribution in [0.3, 0.4) is 0 Å². The Hall–Kier alpha value is -1.98. The molecule has 4 nitrogen and oxygen atoms in total. The quantitative estimate of drug-likeness (QED) is 0.840. The minimum Gasteiger partial charge on any atom is -0.352 e. The van der Waals surface area contributed by atoms with Crippen molar-refractivity contribution in [1.29, 1.82) is 0 Å². The van der Waals surface area contributed by atoms with Crippen LogP contribution in [0.15, 0.2) is 18.2 Å². The highest BCUT2D eigenvalue weighted by Gasteiger charge is 2.57. The van der Waals surface area contributed by atoms with Gasteiger partial charge in [-0.25, -0.2) is 8.78 Å². The molecule has 2 aliphatic carbocycles. The van der Waals surface area contributed by atoms with Gasteiger partial charge in [-0.3, -0.25) is 9.59 Å². The molecule has 6 heteroatoms. The highest BCUT2D eigenvalue weighted by Crippen LogP contribution is 2.47. The van der Waals surface area contributed by atoms with Crippen molar-refractivity contribution in [3.8, 4) is 0 Å². The van der Waals surface area contributed by atoms with Crippen molar-refractivity contribution in [3.63, 3.8) is 0 Å². The number of anilines is 1. The van der Waals surface area contributed by atoms with Crippen molar-refractivity contribution in [2.75, 3.05) is 5.32 Å². The summed E-state index contributed by atoms with van der Waals surface area (Å²) in [4.78, 5) is 24.6. The van der Waals surface area contributed by atoms with Crippen molar-refractivity contribution < 1.29 is 18.4 Å². The number of amides is 2. The maximum absolute atomic E-state index is 13.6. The van der Waals surface area contributed by atoms with E-state index in [1.165, 1.54) is 0 Å². The average molecular weight is 308 g/mol. The maximum atomic E-state index is 13.6. The summed E-state index contributed by atoms with van der Waals surface area (Å²) in [7, 11) is 0. The molecule has 0 bridgehead atoms. The molecule has 0 aliphatic heterocycles. The summed E-state index contributed by atoms with van der Waals surface area (Å²) in [5.74, 6) is -2.36. The summed E-state index contributed by atoms with van der Waals surface area (Å²) in [5.41, 5.74) is -1.20. The van der Waals surface area contributed by atoms with Gasteiger partial charge in [-0.1, -0.05) is 12.8 Å². The molecule has 118 valence electrons. The zero-order chi connectivity index (χ0) is 15.7. The van der Waals surface area contributed by atoms with Crippen LogP contribution in [0.2, 0.25) is 0 Å². The molecule has 1 aromatic rings. The molecule has 0 unspecified atom stereocenters. The maximum Gasteiger partial charge on any atom is 0.240 e. The van der Waals surface area contributed by atoms with Gasteiger partial charge in [0.05, 0.1) is 5.69 Å². The SMILES string of the molecule is O=C(Nc1ccc(F)cc1F)C1(C(=O)NC2CCCC2)CC1. The first-order chi connectivity index (χ1) is 10.5. The first-order valence-electron chi connectivity index (χ1n) is 7.59. The van der Waals surface area contributed by atoms with Crippen LogP contribution in [0, 0.1) is 17.0 Å². The van der Waals surface area contributed by atoms with Gasteiger partial charge in [-0.05, 0) is 37.8 Å². The van der Waals surface area contributed by atoms with Crippen LogP contribution in [0.4, 0.5) is 14.5 Å². The molecule has 0 heterocycles. The predicted molar refractivity (Wildman–Crippen MR) is 77.1 cm³/mol. The Morgan fingerprint density at radius 2 is 1.77 bits per heavy atom. The third-order valence-corrected chi connectivity index (χ3v) is 4.49. The molecule has 0 aromatic heterocycles. The number of carbonyl (C=O) groups excluding carboxylic acids is 2. The van der Waals surface area contributed by atoms with Gasteiger partial charge in [0, 0.05) is 12.1 Å². The molecule has 22 heavy (non-hydrogen) atoms. The Bertz CT molecular complexity index is 608. The van der Waals surface area contributed by atoms with Gasteiger partial charge < -0.3 is 10.6 Å². The van der Waals surface area contributed by atoms with Gasteiger partial charge in [0.25, 0.3) is 0 Å². The number of carbonyl (C=O) groups is 2. The lowest BCUT2D eigenvalue weighted by molar-refractivity contribution is -0.134. The number of halogens is 2. The Kier molecular flexibility index (Phi) is 3.85. The van der Waals surface area contributed by atoms with Gasteiger partial charge >= 0.3 is 0 Å². The van der Waals surface area contributed by atoms with Gasteiger partial charge in [-0.2, -0.15) is 0 Å². The number of benzene rings is 1. The Balaban J connectivity index is 1.66. The molecule has 2 aliphatic rings. The van der Waals surface area contributed by atoms with Gasteiger partial charge in [-0.15, -0.1) is 0 Å².